The standard InChI is InChI=1S/C9H14O5/c1-3-5-14-8(11)6-7(10)9(12)13-4-2/h3,7,10H,1,4-6H2,2H3. The van der Waals surface area contributed by atoms with Crippen LogP contribution in [0.3, 0.4) is 0 Å². The van der Waals surface area contributed by atoms with Gasteiger partial charge in [0.2, 0.25) is 0 Å². The van der Waals surface area contributed by atoms with Gasteiger partial charge in [0, 0.05) is 0 Å². The van der Waals surface area contributed by atoms with Crippen LogP contribution in [0.2, 0.25) is 0 Å². The van der Waals surface area contributed by atoms with Crippen molar-refractivity contribution in [2.75, 3.05) is 13.2 Å². The third-order valence-electron chi connectivity index (χ3n) is 1.28. The second-order valence-electron chi connectivity index (χ2n) is 2.44. The summed E-state index contributed by atoms with van der Waals surface area (Å²) < 4.78 is 9.06. The molecule has 0 amide bonds. The van der Waals surface area contributed by atoms with Crippen LogP contribution >= 0.6 is 0 Å². The molecule has 0 saturated heterocycles. The van der Waals surface area contributed by atoms with E-state index in [1.807, 2.05) is 0 Å². The van der Waals surface area contributed by atoms with E-state index in [1.165, 1.54) is 6.08 Å². The molecule has 80 valence electrons. The van der Waals surface area contributed by atoms with Gasteiger partial charge in [0.1, 0.15) is 6.61 Å². The van der Waals surface area contributed by atoms with Crippen LogP contribution in [-0.2, 0) is 19.1 Å². The quantitative estimate of drug-likeness (QED) is 0.486. The highest BCUT2D eigenvalue weighted by Gasteiger charge is 2.20. The van der Waals surface area contributed by atoms with Gasteiger partial charge in [0.25, 0.3) is 0 Å². The Morgan fingerprint density at radius 2 is 2.14 bits per heavy atom. The van der Waals surface area contributed by atoms with Crippen LogP contribution in [0.1, 0.15) is 13.3 Å². The molecule has 0 aromatic carbocycles. The van der Waals surface area contributed by atoms with E-state index in [9.17, 15) is 9.59 Å². The van der Waals surface area contributed by atoms with Crippen molar-refractivity contribution in [3.05, 3.63) is 12.7 Å². The smallest absolute Gasteiger partial charge is 0.335 e. The number of carbonyl (C=O) groups excluding carboxylic acids is 2. The molecule has 5 nitrogen and oxygen atoms in total. The van der Waals surface area contributed by atoms with Crippen molar-refractivity contribution >= 4 is 11.9 Å². The molecule has 0 radical (unpaired) electrons. The summed E-state index contributed by atoms with van der Waals surface area (Å²) in [4.78, 5) is 21.7. The molecule has 0 saturated carbocycles. The molecular formula is C9H14O5. The van der Waals surface area contributed by atoms with Crippen molar-refractivity contribution in [2.24, 2.45) is 0 Å². The summed E-state index contributed by atoms with van der Waals surface area (Å²) in [5.41, 5.74) is 0. The molecule has 0 spiro atoms. The summed E-state index contributed by atoms with van der Waals surface area (Å²) in [6, 6.07) is 0. The van der Waals surface area contributed by atoms with E-state index >= 15 is 0 Å². The number of aliphatic hydroxyl groups excluding tert-OH is 1. The fourth-order valence-electron chi connectivity index (χ4n) is 0.690. The molecule has 0 fully saturated rings. The number of hydrogen-bond donors (Lipinski definition) is 1. The van der Waals surface area contributed by atoms with Gasteiger partial charge in [-0.05, 0) is 6.92 Å². The monoisotopic (exact) mass is 202 g/mol. The highest BCUT2D eigenvalue weighted by atomic mass is 16.6. The summed E-state index contributed by atoms with van der Waals surface area (Å²) in [7, 11) is 0. The molecule has 0 aromatic heterocycles. The summed E-state index contributed by atoms with van der Waals surface area (Å²) in [5.74, 6) is -1.48. The first-order chi connectivity index (χ1) is 6.61. The summed E-state index contributed by atoms with van der Waals surface area (Å²) in [5, 5.41) is 9.12. The fourth-order valence-corrected chi connectivity index (χ4v) is 0.690. The van der Waals surface area contributed by atoms with E-state index in [0.29, 0.717) is 0 Å². The van der Waals surface area contributed by atoms with Gasteiger partial charge >= 0.3 is 11.9 Å². The van der Waals surface area contributed by atoms with Gasteiger partial charge in [0.05, 0.1) is 13.0 Å². The largest absolute Gasteiger partial charge is 0.464 e. The highest BCUT2D eigenvalue weighted by molar-refractivity contribution is 5.81. The lowest BCUT2D eigenvalue weighted by Gasteiger charge is -2.08. The third-order valence-corrected chi connectivity index (χ3v) is 1.28. The zero-order valence-electron chi connectivity index (χ0n) is 8.06. The van der Waals surface area contributed by atoms with Crippen molar-refractivity contribution in [1.29, 1.82) is 0 Å². The van der Waals surface area contributed by atoms with Gasteiger partial charge < -0.3 is 14.6 Å². The molecule has 0 aliphatic heterocycles. The van der Waals surface area contributed by atoms with Gasteiger partial charge in [-0.15, -0.1) is 0 Å². The first kappa shape index (κ1) is 12.6. The average Bonchev–Trinajstić information content (AvgIpc) is 2.15. The predicted molar refractivity (Wildman–Crippen MR) is 48.4 cm³/mol. The second kappa shape index (κ2) is 7.08. The maximum Gasteiger partial charge on any atom is 0.335 e. The molecule has 14 heavy (non-hydrogen) atoms. The maximum absolute atomic E-state index is 10.9. The first-order valence-electron chi connectivity index (χ1n) is 4.23. The summed E-state index contributed by atoms with van der Waals surface area (Å²) in [6.45, 7) is 5.18. The number of rotatable bonds is 6. The van der Waals surface area contributed by atoms with E-state index in [1.54, 1.807) is 6.92 Å². The van der Waals surface area contributed by atoms with Crippen LogP contribution in [0.4, 0.5) is 0 Å². The SMILES string of the molecule is C=CCOC(=O)CC(O)C(=O)OCC. The van der Waals surface area contributed by atoms with Crippen molar-refractivity contribution in [3.8, 4) is 0 Å². The first-order valence-corrected chi connectivity index (χ1v) is 4.23. The minimum absolute atomic E-state index is 0.0639. The van der Waals surface area contributed by atoms with Gasteiger partial charge in [-0.2, -0.15) is 0 Å². The van der Waals surface area contributed by atoms with E-state index in [2.05, 4.69) is 16.1 Å². The fraction of sp³-hybridized carbons (Fsp3) is 0.556. The van der Waals surface area contributed by atoms with Gasteiger partial charge in [-0.1, -0.05) is 12.7 Å². The van der Waals surface area contributed by atoms with Crippen LogP contribution < -0.4 is 0 Å². The highest BCUT2D eigenvalue weighted by Crippen LogP contribution is 1.97. The minimum atomic E-state index is -1.45. The van der Waals surface area contributed by atoms with Gasteiger partial charge in [-0.25, -0.2) is 4.79 Å². The Kier molecular flexibility index (Phi) is 6.39. The van der Waals surface area contributed by atoms with Gasteiger partial charge in [0.15, 0.2) is 6.10 Å². The Bertz CT molecular complexity index is 211. The van der Waals surface area contributed by atoms with Crippen LogP contribution in [0.5, 0.6) is 0 Å². The Morgan fingerprint density at radius 3 is 2.64 bits per heavy atom. The molecule has 0 bridgehead atoms. The number of carbonyl (C=O) groups is 2. The Morgan fingerprint density at radius 1 is 1.50 bits per heavy atom. The van der Waals surface area contributed by atoms with E-state index in [4.69, 9.17) is 5.11 Å². The zero-order chi connectivity index (χ0) is 11.0. The molecule has 0 heterocycles. The maximum atomic E-state index is 10.9. The molecule has 0 rings (SSSR count). The zero-order valence-corrected chi connectivity index (χ0v) is 8.06. The lowest BCUT2D eigenvalue weighted by molar-refractivity contribution is -0.159. The van der Waals surface area contributed by atoms with E-state index < -0.39 is 24.5 Å². The Hall–Kier alpha value is -1.36. The average molecular weight is 202 g/mol. The van der Waals surface area contributed by atoms with Crippen LogP contribution in [-0.4, -0.2) is 36.4 Å². The molecule has 0 aromatic rings. The van der Waals surface area contributed by atoms with Crippen molar-refractivity contribution in [3.63, 3.8) is 0 Å². The topological polar surface area (TPSA) is 72.8 Å². The minimum Gasteiger partial charge on any atom is -0.464 e. The van der Waals surface area contributed by atoms with Crippen molar-refractivity contribution < 1.29 is 24.2 Å². The Balaban J connectivity index is 3.80. The number of aliphatic hydroxyl groups is 1. The number of ether oxygens (including phenoxy) is 2. The summed E-state index contributed by atoms with van der Waals surface area (Å²) >= 11 is 0. The van der Waals surface area contributed by atoms with E-state index in [-0.39, 0.29) is 13.2 Å². The van der Waals surface area contributed by atoms with Crippen LogP contribution in [0.25, 0.3) is 0 Å². The summed E-state index contributed by atoms with van der Waals surface area (Å²) in [6.07, 6.45) is -0.450. The van der Waals surface area contributed by atoms with Gasteiger partial charge in [-0.3, -0.25) is 4.79 Å². The van der Waals surface area contributed by atoms with E-state index in [0.717, 1.165) is 0 Å². The molecular weight excluding hydrogens is 188 g/mol. The Labute approximate surface area is 82.3 Å². The number of esters is 2. The number of hydrogen-bond acceptors (Lipinski definition) is 5. The van der Waals surface area contributed by atoms with Crippen LogP contribution in [0.15, 0.2) is 12.7 Å². The molecule has 1 unspecified atom stereocenters. The van der Waals surface area contributed by atoms with Crippen molar-refractivity contribution in [1.82, 2.24) is 0 Å². The molecule has 1 N–H and O–H groups in total. The third kappa shape index (κ3) is 5.31. The molecule has 1 atom stereocenters. The van der Waals surface area contributed by atoms with Crippen molar-refractivity contribution in [2.45, 2.75) is 19.4 Å². The second-order valence-corrected chi connectivity index (χ2v) is 2.44. The predicted octanol–water partition coefficient (Wildman–Crippen LogP) is 0.0297. The molecule has 0 aliphatic rings. The normalized spacial score (nSPS) is 11.6. The lowest BCUT2D eigenvalue weighted by atomic mass is 10.2. The lowest BCUT2D eigenvalue weighted by Crippen LogP contribution is -2.26. The molecule has 5 heteroatoms. The molecule has 0 aliphatic carbocycles. The van der Waals surface area contributed by atoms with Crippen LogP contribution in [0, 0.1) is 0 Å².